The highest BCUT2D eigenvalue weighted by molar-refractivity contribution is 6.11. The summed E-state index contributed by atoms with van der Waals surface area (Å²) in [5.41, 5.74) is 0.798. The highest BCUT2D eigenvalue weighted by Gasteiger charge is 2.19. The molecule has 2 aromatic rings. The van der Waals surface area contributed by atoms with Gasteiger partial charge in [-0.15, -0.1) is 0 Å². The molecule has 1 N–H and O–H groups in total. The number of hydrogen-bond acceptors (Lipinski definition) is 3. The van der Waals surface area contributed by atoms with Crippen LogP contribution in [0.3, 0.4) is 0 Å². The van der Waals surface area contributed by atoms with Gasteiger partial charge in [-0.05, 0) is 36.4 Å². The van der Waals surface area contributed by atoms with Crippen LogP contribution in [0.4, 0.5) is 5.69 Å². The third-order valence-corrected chi connectivity index (χ3v) is 3.15. The van der Waals surface area contributed by atoms with Crippen molar-refractivity contribution in [3.63, 3.8) is 0 Å². The Kier molecular flexibility index (Phi) is 4.23. The molecule has 0 spiro atoms. The van der Waals surface area contributed by atoms with E-state index in [1.807, 2.05) is 0 Å². The Labute approximate surface area is 122 Å². The van der Waals surface area contributed by atoms with Gasteiger partial charge in [0.1, 0.15) is 5.75 Å². The summed E-state index contributed by atoms with van der Waals surface area (Å²) < 4.78 is 5.06. The molecule has 108 valence electrons. The molecule has 0 saturated heterocycles. The third kappa shape index (κ3) is 3.02. The quantitative estimate of drug-likeness (QED) is 0.937. The second-order valence-corrected chi connectivity index (χ2v) is 4.41. The zero-order chi connectivity index (χ0) is 15.4. The van der Waals surface area contributed by atoms with Crippen molar-refractivity contribution in [2.24, 2.45) is 0 Å². The van der Waals surface area contributed by atoms with Crippen LogP contribution in [-0.2, 0) is 0 Å². The van der Waals surface area contributed by atoms with Crippen LogP contribution in [0.1, 0.15) is 20.7 Å². The molecule has 1 amide bonds. The smallest absolute Gasteiger partial charge is 0.336 e. The number of amides is 1. The fraction of sp³-hybridized carbons (Fsp3) is 0.125. The highest BCUT2D eigenvalue weighted by atomic mass is 16.5. The number of ether oxygens (including phenoxy) is 1. The van der Waals surface area contributed by atoms with Gasteiger partial charge in [-0.1, -0.05) is 12.1 Å². The van der Waals surface area contributed by atoms with Crippen molar-refractivity contribution < 1.29 is 19.4 Å². The molecule has 0 aliphatic rings. The molecule has 0 atom stereocenters. The highest BCUT2D eigenvalue weighted by Crippen LogP contribution is 2.21. The molecule has 0 bridgehead atoms. The standard InChI is InChI=1S/C16H15NO4/c1-17(11-7-9-12(21-2)10-8-11)15(18)13-5-3-4-6-14(13)16(19)20/h3-10H,1-2H3,(H,19,20). The topological polar surface area (TPSA) is 66.8 Å². The van der Waals surface area contributed by atoms with E-state index in [0.717, 1.165) is 0 Å². The van der Waals surface area contributed by atoms with E-state index in [1.54, 1.807) is 50.6 Å². The van der Waals surface area contributed by atoms with Gasteiger partial charge in [-0.3, -0.25) is 4.79 Å². The maximum atomic E-state index is 12.5. The minimum absolute atomic E-state index is 0.0112. The molecule has 0 unspecified atom stereocenters. The van der Waals surface area contributed by atoms with E-state index in [1.165, 1.54) is 17.0 Å². The molecule has 0 aromatic heterocycles. The van der Waals surface area contributed by atoms with Crippen molar-refractivity contribution in [3.05, 3.63) is 59.7 Å². The number of rotatable bonds is 4. The van der Waals surface area contributed by atoms with Gasteiger partial charge in [0.05, 0.1) is 18.2 Å². The summed E-state index contributed by atoms with van der Waals surface area (Å²) in [6.07, 6.45) is 0. The SMILES string of the molecule is COc1ccc(N(C)C(=O)c2ccccc2C(=O)O)cc1. The summed E-state index contributed by atoms with van der Waals surface area (Å²) >= 11 is 0. The fourth-order valence-electron chi connectivity index (χ4n) is 1.96. The van der Waals surface area contributed by atoms with Crippen LogP contribution < -0.4 is 9.64 Å². The second-order valence-electron chi connectivity index (χ2n) is 4.41. The average Bonchev–Trinajstić information content (AvgIpc) is 2.53. The predicted octanol–water partition coefficient (Wildman–Crippen LogP) is 2.67. The van der Waals surface area contributed by atoms with Gasteiger partial charge < -0.3 is 14.7 Å². The lowest BCUT2D eigenvalue weighted by Crippen LogP contribution is -2.27. The number of anilines is 1. The van der Waals surface area contributed by atoms with Gasteiger partial charge in [0.25, 0.3) is 5.91 Å². The number of methoxy groups -OCH3 is 1. The average molecular weight is 285 g/mol. The Morgan fingerprint density at radius 3 is 2.10 bits per heavy atom. The van der Waals surface area contributed by atoms with Gasteiger partial charge in [0, 0.05) is 12.7 Å². The maximum absolute atomic E-state index is 12.5. The van der Waals surface area contributed by atoms with E-state index in [9.17, 15) is 9.59 Å². The zero-order valence-electron chi connectivity index (χ0n) is 11.7. The van der Waals surface area contributed by atoms with E-state index in [4.69, 9.17) is 9.84 Å². The Balaban J connectivity index is 2.32. The number of hydrogen-bond donors (Lipinski definition) is 1. The van der Waals surface area contributed by atoms with E-state index in [0.29, 0.717) is 11.4 Å². The Morgan fingerprint density at radius 2 is 1.57 bits per heavy atom. The lowest BCUT2D eigenvalue weighted by Gasteiger charge is -2.18. The number of nitrogens with zero attached hydrogens (tertiary/aromatic N) is 1. The van der Waals surface area contributed by atoms with Gasteiger partial charge >= 0.3 is 5.97 Å². The van der Waals surface area contributed by atoms with Crippen molar-refractivity contribution in [1.82, 2.24) is 0 Å². The fourth-order valence-corrected chi connectivity index (χ4v) is 1.96. The van der Waals surface area contributed by atoms with Gasteiger partial charge in [-0.25, -0.2) is 4.79 Å². The van der Waals surface area contributed by atoms with Crippen LogP contribution in [0.15, 0.2) is 48.5 Å². The van der Waals surface area contributed by atoms with Crippen molar-refractivity contribution >= 4 is 17.6 Å². The number of carbonyl (C=O) groups excluding carboxylic acids is 1. The van der Waals surface area contributed by atoms with Crippen molar-refractivity contribution in [2.75, 3.05) is 19.1 Å². The lowest BCUT2D eigenvalue weighted by atomic mass is 10.1. The van der Waals surface area contributed by atoms with E-state index in [-0.39, 0.29) is 17.0 Å². The monoisotopic (exact) mass is 285 g/mol. The summed E-state index contributed by atoms with van der Waals surface area (Å²) in [4.78, 5) is 25.0. The summed E-state index contributed by atoms with van der Waals surface area (Å²) in [6, 6.07) is 13.1. The molecule has 5 heteroatoms. The first kappa shape index (κ1) is 14.6. The summed E-state index contributed by atoms with van der Waals surface area (Å²) in [5, 5.41) is 9.15. The number of aromatic carboxylic acids is 1. The third-order valence-electron chi connectivity index (χ3n) is 3.15. The Hall–Kier alpha value is -2.82. The zero-order valence-corrected chi connectivity index (χ0v) is 11.7. The summed E-state index contributed by atoms with van der Waals surface area (Å²) in [7, 11) is 3.16. The van der Waals surface area contributed by atoms with E-state index in [2.05, 4.69) is 0 Å². The number of benzene rings is 2. The van der Waals surface area contributed by atoms with Crippen LogP contribution >= 0.6 is 0 Å². The molecule has 5 nitrogen and oxygen atoms in total. The van der Waals surface area contributed by atoms with Crippen LogP contribution in [0.2, 0.25) is 0 Å². The molecule has 0 saturated carbocycles. The molecule has 0 aliphatic heterocycles. The maximum Gasteiger partial charge on any atom is 0.336 e. The first-order valence-electron chi connectivity index (χ1n) is 6.29. The number of carbonyl (C=O) groups is 2. The largest absolute Gasteiger partial charge is 0.497 e. The Morgan fingerprint density at radius 1 is 1.00 bits per heavy atom. The molecule has 0 heterocycles. The molecule has 2 aromatic carbocycles. The molecule has 21 heavy (non-hydrogen) atoms. The van der Waals surface area contributed by atoms with Gasteiger partial charge in [-0.2, -0.15) is 0 Å². The molecule has 0 aliphatic carbocycles. The molecular formula is C16H15NO4. The van der Waals surface area contributed by atoms with E-state index >= 15 is 0 Å². The number of carboxylic acid groups (broad SMARTS) is 1. The van der Waals surface area contributed by atoms with Crippen LogP contribution in [0.25, 0.3) is 0 Å². The van der Waals surface area contributed by atoms with Crippen molar-refractivity contribution in [3.8, 4) is 5.75 Å². The predicted molar refractivity (Wildman–Crippen MR) is 79.1 cm³/mol. The van der Waals surface area contributed by atoms with Gasteiger partial charge in [0.2, 0.25) is 0 Å². The van der Waals surface area contributed by atoms with Crippen LogP contribution in [0, 0.1) is 0 Å². The normalized spacial score (nSPS) is 10.0. The van der Waals surface area contributed by atoms with Crippen LogP contribution in [-0.4, -0.2) is 31.1 Å². The minimum Gasteiger partial charge on any atom is -0.497 e. The van der Waals surface area contributed by atoms with Crippen molar-refractivity contribution in [1.29, 1.82) is 0 Å². The minimum atomic E-state index is -1.12. The Bertz CT molecular complexity index is 664. The molecule has 2 rings (SSSR count). The molecule has 0 radical (unpaired) electrons. The van der Waals surface area contributed by atoms with Crippen molar-refractivity contribution in [2.45, 2.75) is 0 Å². The van der Waals surface area contributed by atoms with Gasteiger partial charge in [0.15, 0.2) is 0 Å². The summed E-state index contributed by atoms with van der Waals surface area (Å²) in [6.45, 7) is 0. The van der Waals surface area contributed by atoms with E-state index < -0.39 is 5.97 Å². The first-order chi connectivity index (χ1) is 10.0. The lowest BCUT2D eigenvalue weighted by molar-refractivity contribution is 0.0692. The number of carboxylic acids is 1. The van der Waals surface area contributed by atoms with Crippen LogP contribution in [0.5, 0.6) is 5.75 Å². The second kappa shape index (κ2) is 6.09. The molecular weight excluding hydrogens is 270 g/mol. The first-order valence-corrected chi connectivity index (χ1v) is 6.29. The summed E-state index contributed by atoms with van der Waals surface area (Å²) in [5.74, 6) is -0.814. The molecule has 0 fully saturated rings.